The highest BCUT2D eigenvalue weighted by molar-refractivity contribution is 7.12. The third-order valence-electron chi connectivity index (χ3n) is 5.33. The highest BCUT2D eigenvalue weighted by Crippen LogP contribution is 2.29. The minimum Gasteiger partial charge on any atom is -0.368 e. The third-order valence-corrected chi connectivity index (χ3v) is 6.15. The maximum Gasteiger partial charge on any atom is 0.275 e. The summed E-state index contributed by atoms with van der Waals surface area (Å²) >= 11 is 1.40. The van der Waals surface area contributed by atoms with Gasteiger partial charge in [0, 0.05) is 29.9 Å². The smallest absolute Gasteiger partial charge is 0.275 e. The standard InChI is InChI=1S/C22H22N6OS/c23-16-7-5-11-27(13-16)20-10-4-2-8-17(20)25-21(29)18-14-30-22(26-18)28-19-9-3-1-6-15(19)12-24-28/h1-4,6,8-10,12,14,16H,5,7,11,13,23H2,(H,25,29). The Bertz CT molecular complexity index is 1200. The van der Waals surface area contributed by atoms with Crippen molar-refractivity contribution in [1.29, 1.82) is 0 Å². The largest absolute Gasteiger partial charge is 0.368 e. The summed E-state index contributed by atoms with van der Waals surface area (Å²) in [6, 6.07) is 15.9. The zero-order chi connectivity index (χ0) is 20.5. The Morgan fingerprint density at radius 2 is 2.00 bits per heavy atom. The lowest BCUT2D eigenvalue weighted by atomic mass is 10.1. The van der Waals surface area contributed by atoms with E-state index in [1.165, 1.54) is 11.3 Å². The summed E-state index contributed by atoms with van der Waals surface area (Å²) in [5.41, 5.74) is 9.25. The molecule has 3 heterocycles. The van der Waals surface area contributed by atoms with Crippen molar-refractivity contribution in [3.8, 4) is 5.13 Å². The van der Waals surface area contributed by atoms with Crippen LogP contribution in [0.2, 0.25) is 0 Å². The second kappa shape index (κ2) is 7.89. The molecule has 1 unspecified atom stereocenters. The van der Waals surface area contributed by atoms with Crippen molar-refractivity contribution >= 4 is 39.5 Å². The topological polar surface area (TPSA) is 89.1 Å². The quantitative estimate of drug-likeness (QED) is 0.528. The van der Waals surface area contributed by atoms with E-state index >= 15 is 0 Å². The molecule has 0 aliphatic carbocycles. The molecule has 1 atom stereocenters. The van der Waals surface area contributed by atoms with E-state index in [1.807, 2.05) is 48.5 Å². The van der Waals surface area contributed by atoms with E-state index in [4.69, 9.17) is 5.73 Å². The fourth-order valence-corrected chi connectivity index (χ4v) is 4.63. The molecule has 1 fully saturated rings. The number of benzene rings is 2. The van der Waals surface area contributed by atoms with Gasteiger partial charge in [-0.05, 0) is 31.0 Å². The molecule has 2 aromatic carbocycles. The van der Waals surface area contributed by atoms with Crippen LogP contribution in [0, 0.1) is 0 Å². The molecular formula is C22H22N6OS. The lowest BCUT2D eigenvalue weighted by molar-refractivity contribution is 0.102. The molecule has 1 aliphatic rings. The second-order valence-corrected chi connectivity index (χ2v) is 8.29. The fourth-order valence-electron chi connectivity index (χ4n) is 3.86. The zero-order valence-electron chi connectivity index (χ0n) is 16.4. The van der Waals surface area contributed by atoms with Gasteiger partial charge in [-0.15, -0.1) is 11.3 Å². The number of aromatic nitrogens is 3. The molecule has 0 saturated carbocycles. The highest BCUT2D eigenvalue weighted by atomic mass is 32.1. The summed E-state index contributed by atoms with van der Waals surface area (Å²) in [6.45, 7) is 1.73. The van der Waals surface area contributed by atoms with E-state index in [9.17, 15) is 4.79 Å². The van der Waals surface area contributed by atoms with Gasteiger partial charge in [0.1, 0.15) is 5.69 Å². The van der Waals surface area contributed by atoms with Crippen LogP contribution in [0.4, 0.5) is 11.4 Å². The maximum absolute atomic E-state index is 12.9. The van der Waals surface area contributed by atoms with Gasteiger partial charge in [0.25, 0.3) is 5.91 Å². The minimum absolute atomic E-state index is 0.160. The molecule has 1 amide bonds. The number of amides is 1. The predicted octanol–water partition coefficient (Wildman–Crippen LogP) is 3.66. The molecule has 5 rings (SSSR count). The van der Waals surface area contributed by atoms with Crippen molar-refractivity contribution in [2.45, 2.75) is 18.9 Å². The van der Waals surface area contributed by atoms with Gasteiger partial charge in [-0.3, -0.25) is 4.79 Å². The lowest BCUT2D eigenvalue weighted by Crippen LogP contribution is -2.43. The summed E-state index contributed by atoms with van der Waals surface area (Å²) in [7, 11) is 0. The molecule has 0 bridgehead atoms. The predicted molar refractivity (Wildman–Crippen MR) is 121 cm³/mol. The summed E-state index contributed by atoms with van der Waals surface area (Å²) in [5.74, 6) is -0.234. The number of carbonyl (C=O) groups excluding carboxylic acids is 1. The minimum atomic E-state index is -0.234. The summed E-state index contributed by atoms with van der Waals surface area (Å²) in [4.78, 5) is 19.7. The van der Waals surface area contributed by atoms with Gasteiger partial charge in [0.05, 0.1) is 23.1 Å². The molecule has 8 heteroatoms. The van der Waals surface area contributed by atoms with E-state index in [-0.39, 0.29) is 11.9 Å². The van der Waals surface area contributed by atoms with E-state index in [0.717, 1.165) is 48.2 Å². The molecular weight excluding hydrogens is 396 g/mol. The number of carbonyl (C=O) groups is 1. The number of nitrogens with zero attached hydrogens (tertiary/aromatic N) is 4. The van der Waals surface area contributed by atoms with Crippen LogP contribution in [0.25, 0.3) is 16.0 Å². The Labute approximate surface area is 178 Å². The van der Waals surface area contributed by atoms with Crippen LogP contribution in [-0.2, 0) is 0 Å². The van der Waals surface area contributed by atoms with Crippen molar-refractivity contribution in [3.05, 3.63) is 65.8 Å². The van der Waals surface area contributed by atoms with Crippen LogP contribution in [0.3, 0.4) is 0 Å². The van der Waals surface area contributed by atoms with Gasteiger partial charge in [0.15, 0.2) is 0 Å². The highest BCUT2D eigenvalue weighted by Gasteiger charge is 2.21. The van der Waals surface area contributed by atoms with Crippen molar-refractivity contribution in [1.82, 2.24) is 14.8 Å². The van der Waals surface area contributed by atoms with Crippen molar-refractivity contribution in [2.24, 2.45) is 5.73 Å². The molecule has 3 N–H and O–H groups in total. The van der Waals surface area contributed by atoms with Crippen LogP contribution >= 0.6 is 11.3 Å². The lowest BCUT2D eigenvalue weighted by Gasteiger charge is -2.33. The van der Waals surface area contributed by atoms with Crippen LogP contribution in [0.1, 0.15) is 23.3 Å². The van der Waals surface area contributed by atoms with Gasteiger partial charge in [-0.1, -0.05) is 30.3 Å². The van der Waals surface area contributed by atoms with E-state index in [0.29, 0.717) is 10.8 Å². The number of nitrogens with one attached hydrogen (secondary N) is 1. The summed E-state index contributed by atoms with van der Waals surface area (Å²) in [6.07, 6.45) is 3.89. The number of hydrogen-bond acceptors (Lipinski definition) is 6. The first kappa shape index (κ1) is 18.8. The Balaban J connectivity index is 1.38. The Hall–Kier alpha value is -3.23. The molecule has 1 saturated heterocycles. The van der Waals surface area contributed by atoms with Crippen LogP contribution in [0.15, 0.2) is 60.1 Å². The average molecular weight is 419 g/mol. The Kier molecular flexibility index (Phi) is 4.94. The van der Waals surface area contributed by atoms with E-state index in [1.54, 1.807) is 16.3 Å². The molecule has 4 aromatic rings. The van der Waals surface area contributed by atoms with Gasteiger partial charge in [-0.25, -0.2) is 9.67 Å². The van der Waals surface area contributed by atoms with Gasteiger partial charge in [-0.2, -0.15) is 5.10 Å². The number of thiazole rings is 1. The summed E-state index contributed by atoms with van der Waals surface area (Å²) < 4.78 is 1.76. The van der Waals surface area contributed by atoms with Crippen LogP contribution in [-0.4, -0.2) is 39.8 Å². The normalized spacial score (nSPS) is 16.7. The van der Waals surface area contributed by atoms with Gasteiger partial charge >= 0.3 is 0 Å². The molecule has 2 aromatic heterocycles. The molecule has 152 valence electrons. The number of rotatable bonds is 4. The number of fused-ring (bicyclic) bond motifs is 1. The molecule has 7 nitrogen and oxygen atoms in total. The van der Waals surface area contributed by atoms with Crippen LogP contribution in [0.5, 0.6) is 0 Å². The first-order valence-electron chi connectivity index (χ1n) is 9.98. The van der Waals surface area contributed by atoms with Gasteiger partial charge in [0.2, 0.25) is 5.13 Å². The van der Waals surface area contributed by atoms with E-state index < -0.39 is 0 Å². The Morgan fingerprint density at radius 1 is 1.17 bits per heavy atom. The summed E-state index contributed by atoms with van der Waals surface area (Å²) in [5, 5.41) is 10.9. The Morgan fingerprint density at radius 3 is 2.90 bits per heavy atom. The van der Waals surface area contributed by atoms with Crippen molar-refractivity contribution in [2.75, 3.05) is 23.3 Å². The van der Waals surface area contributed by atoms with Gasteiger partial charge < -0.3 is 16.0 Å². The van der Waals surface area contributed by atoms with E-state index in [2.05, 4.69) is 20.3 Å². The molecule has 1 aliphatic heterocycles. The number of anilines is 2. The average Bonchev–Trinajstić information content (AvgIpc) is 3.41. The fraction of sp³-hybridized carbons (Fsp3) is 0.227. The first-order valence-corrected chi connectivity index (χ1v) is 10.9. The molecule has 0 spiro atoms. The third kappa shape index (κ3) is 3.55. The zero-order valence-corrected chi connectivity index (χ0v) is 17.2. The van der Waals surface area contributed by atoms with Crippen molar-refractivity contribution in [3.63, 3.8) is 0 Å². The van der Waals surface area contributed by atoms with Crippen molar-refractivity contribution < 1.29 is 4.79 Å². The number of nitrogens with two attached hydrogens (primary N) is 1. The SMILES string of the molecule is NC1CCCN(c2ccccc2NC(=O)c2csc(-n3ncc4ccccc43)n2)C1. The second-order valence-electron chi connectivity index (χ2n) is 7.45. The first-order chi connectivity index (χ1) is 14.7. The number of para-hydroxylation sites is 3. The molecule has 0 radical (unpaired) electrons. The monoisotopic (exact) mass is 418 g/mol. The number of hydrogen-bond donors (Lipinski definition) is 2. The van der Waals surface area contributed by atoms with Crippen LogP contribution < -0.4 is 16.0 Å². The molecule has 30 heavy (non-hydrogen) atoms. The maximum atomic E-state index is 12.9. The number of piperidine rings is 1.